The van der Waals surface area contributed by atoms with Crippen LogP contribution in [0.15, 0.2) is 15.9 Å². The lowest BCUT2D eigenvalue weighted by atomic mass is 10.0. The molecule has 1 atom stereocenters. The zero-order chi connectivity index (χ0) is 14.5. The van der Waals surface area contributed by atoms with Gasteiger partial charge in [0, 0.05) is 17.8 Å². The molecule has 4 nitrogen and oxygen atoms in total. The summed E-state index contributed by atoms with van der Waals surface area (Å²) < 4.78 is 1.10. The van der Waals surface area contributed by atoms with Gasteiger partial charge in [0.05, 0.1) is 3.79 Å². The monoisotopic (exact) mass is 359 g/mol. The molecule has 20 heavy (non-hydrogen) atoms. The number of carboxylic acids is 1. The molecule has 1 N–H and O–H groups in total. The normalized spacial score (nSPS) is 19.1. The highest BCUT2D eigenvalue weighted by molar-refractivity contribution is 9.11. The van der Waals surface area contributed by atoms with Crippen molar-refractivity contribution in [1.82, 2.24) is 4.90 Å². The molecule has 1 amide bonds. The lowest BCUT2D eigenvalue weighted by Crippen LogP contribution is -2.47. The van der Waals surface area contributed by atoms with Crippen LogP contribution in [0.3, 0.4) is 0 Å². The molecule has 0 bridgehead atoms. The number of carbonyl (C=O) groups is 2. The van der Waals surface area contributed by atoms with E-state index in [4.69, 9.17) is 5.11 Å². The summed E-state index contributed by atoms with van der Waals surface area (Å²) in [4.78, 5) is 26.1. The molecule has 1 fully saturated rings. The van der Waals surface area contributed by atoms with Crippen molar-refractivity contribution < 1.29 is 14.7 Å². The van der Waals surface area contributed by atoms with E-state index in [-0.39, 0.29) is 5.91 Å². The highest BCUT2D eigenvalue weighted by Crippen LogP contribution is 2.24. The van der Waals surface area contributed by atoms with Crippen LogP contribution in [0.4, 0.5) is 0 Å². The number of nitrogens with zero attached hydrogens (tertiary/aromatic N) is 1. The number of piperidine rings is 1. The van der Waals surface area contributed by atoms with Gasteiger partial charge in [0.25, 0.3) is 0 Å². The molecule has 0 aliphatic carbocycles. The molecular weight excluding hydrogens is 342 g/mol. The fourth-order valence-corrected chi connectivity index (χ4v) is 4.06. The topological polar surface area (TPSA) is 57.6 Å². The molecule has 0 radical (unpaired) electrons. The van der Waals surface area contributed by atoms with Crippen LogP contribution in [0, 0.1) is 0 Å². The predicted octanol–water partition coefficient (Wildman–Crippen LogP) is 3.30. The number of amides is 1. The Morgan fingerprint density at radius 3 is 2.85 bits per heavy atom. The molecule has 0 aromatic carbocycles. The quantitative estimate of drug-likeness (QED) is 0.877. The zero-order valence-electron chi connectivity index (χ0n) is 11.2. The van der Waals surface area contributed by atoms with Crippen LogP contribution in [0.5, 0.6) is 0 Å². The third-order valence-electron chi connectivity index (χ3n) is 3.55. The SMILES string of the molecule is O=C(O)[C@@H]1CCCCN1C(=O)CCCc1ccc(Br)s1. The minimum atomic E-state index is -0.875. The Bertz CT molecular complexity index is 489. The van der Waals surface area contributed by atoms with Crippen LogP contribution in [-0.2, 0) is 16.0 Å². The molecule has 2 heterocycles. The summed E-state index contributed by atoms with van der Waals surface area (Å²) in [5, 5.41) is 9.17. The van der Waals surface area contributed by atoms with Gasteiger partial charge in [-0.15, -0.1) is 11.3 Å². The van der Waals surface area contributed by atoms with Gasteiger partial charge in [-0.3, -0.25) is 4.79 Å². The second-order valence-corrected chi connectivity index (χ2v) is 7.54. The molecule has 0 spiro atoms. The summed E-state index contributed by atoms with van der Waals surface area (Å²) in [5.74, 6) is -0.895. The van der Waals surface area contributed by atoms with E-state index in [2.05, 4.69) is 22.0 Å². The number of hydrogen-bond acceptors (Lipinski definition) is 3. The van der Waals surface area contributed by atoms with Crippen molar-refractivity contribution in [3.05, 3.63) is 20.8 Å². The van der Waals surface area contributed by atoms with Gasteiger partial charge in [-0.25, -0.2) is 4.79 Å². The lowest BCUT2D eigenvalue weighted by Gasteiger charge is -2.33. The second kappa shape index (κ2) is 7.22. The lowest BCUT2D eigenvalue weighted by molar-refractivity contribution is -0.152. The van der Waals surface area contributed by atoms with E-state index in [0.717, 1.165) is 29.5 Å². The number of aliphatic carboxylic acids is 1. The number of likely N-dealkylation sites (tertiary alicyclic amines) is 1. The highest BCUT2D eigenvalue weighted by atomic mass is 79.9. The molecule has 0 unspecified atom stereocenters. The van der Waals surface area contributed by atoms with Gasteiger partial charge in [0.15, 0.2) is 0 Å². The molecule has 1 aromatic rings. The summed E-state index contributed by atoms with van der Waals surface area (Å²) in [5.41, 5.74) is 0. The number of halogens is 1. The van der Waals surface area contributed by atoms with Crippen molar-refractivity contribution >= 4 is 39.1 Å². The molecule has 110 valence electrons. The first-order valence-electron chi connectivity index (χ1n) is 6.84. The van der Waals surface area contributed by atoms with Gasteiger partial charge in [-0.1, -0.05) is 0 Å². The van der Waals surface area contributed by atoms with Crippen LogP contribution < -0.4 is 0 Å². The van der Waals surface area contributed by atoms with Crippen molar-refractivity contribution in [3.63, 3.8) is 0 Å². The molecule has 1 aliphatic rings. The fraction of sp³-hybridized carbons (Fsp3) is 0.571. The number of thiophene rings is 1. The van der Waals surface area contributed by atoms with Crippen LogP contribution in [0.25, 0.3) is 0 Å². The van der Waals surface area contributed by atoms with Crippen LogP contribution in [0.1, 0.15) is 37.0 Å². The van der Waals surface area contributed by atoms with Crippen molar-refractivity contribution in [2.24, 2.45) is 0 Å². The smallest absolute Gasteiger partial charge is 0.326 e. The molecule has 1 aromatic heterocycles. The third kappa shape index (κ3) is 4.06. The highest BCUT2D eigenvalue weighted by Gasteiger charge is 2.31. The van der Waals surface area contributed by atoms with Crippen molar-refractivity contribution in [1.29, 1.82) is 0 Å². The maximum atomic E-state index is 12.2. The van der Waals surface area contributed by atoms with Crippen molar-refractivity contribution in [2.75, 3.05) is 6.54 Å². The Labute approximate surface area is 130 Å². The van der Waals surface area contributed by atoms with Gasteiger partial charge in [0.1, 0.15) is 6.04 Å². The first-order chi connectivity index (χ1) is 9.58. The Kier molecular flexibility index (Phi) is 5.60. The number of carboxylic acid groups (broad SMARTS) is 1. The Morgan fingerprint density at radius 1 is 1.40 bits per heavy atom. The minimum absolute atomic E-state index is 0.0206. The third-order valence-corrected chi connectivity index (χ3v) is 5.23. The number of rotatable bonds is 5. The first kappa shape index (κ1) is 15.5. The number of carbonyl (C=O) groups excluding carboxylic acids is 1. The van der Waals surface area contributed by atoms with E-state index >= 15 is 0 Å². The van der Waals surface area contributed by atoms with Gasteiger partial charge < -0.3 is 10.0 Å². The Hall–Kier alpha value is -0.880. The van der Waals surface area contributed by atoms with Gasteiger partial charge >= 0.3 is 5.97 Å². The van der Waals surface area contributed by atoms with Crippen molar-refractivity contribution in [2.45, 2.75) is 44.6 Å². The largest absolute Gasteiger partial charge is 0.480 e. The summed E-state index contributed by atoms with van der Waals surface area (Å²) in [6.07, 6.45) is 4.46. The predicted molar refractivity (Wildman–Crippen MR) is 81.9 cm³/mol. The van der Waals surface area contributed by atoms with Gasteiger partial charge in [0.2, 0.25) is 5.91 Å². The van der Waals surface area contributed by atoms with E-state index in [1.165, 1.54) is 4.88 Å². The summed E-state index contributed by atoms with van der Waals surface area (Å²) >= 11 is 5.10. The molecule has 0 saturated carbocycles. The zero-order valence-corrected chi connectivity index (χ0v) is 13.6. The molecule has 1 aliphatic heterocycles. The Morgan fingerprint density at radius 2 is 2.20 bits per heavy atom. The number of aryl methyl sites for hydroxylation is 1. The molecular formula is C14H18BrNO3S. The summed E-state index contributed by atoms with van der Waals surface area (Å²) in [6.45, 7) is 0.584. The summed E-state index contributed by atoms with van der Waals surface area (Å²) in [6, 6.07) is 3.44. The van der Waals surface area contributed by atoms with Gasteiger partial charge in [-0.05, 0) is 60.2 Å². The van der Waals surface area contributed by atoms with Crippen LogP contribution in [-0.4, -0.2) is 34.5 Å². The fourth-order valence-electron chi connectivity index (χ4n) is 2.53. The minimum Gasteiger partial charge on any atom is -0.480 e. The standard InChI is InChI=1S/C14H18BrNO3S/c15-12-8-7-10(20-12)4-3-6-13(17)16-9-2-1-5-11(16)14(18)19/h7-8,11H,1-6,9H2,(H,18,19)/t11-/m0/s1. The van der Waals surface area contributed by atoms with E-state index in [1.807, 2.05) is 6.07 Å². The van der Waals surface area contributed by atoms with E-state index < -0.39 is 12.0 Å². The second-order valence-electron chi connectivity index (χ2n) is 5.00. The Balaban J connectivity index is 1.82. The maximum Gasteiger partial charge on any atom is 0.326 e. The first-order valence-corrected chi connectivity index (χ1v) is 8.45. The molecule has 2 rings (SSSR count). The van der Waals surface area contributed by atoms with Crippen molar-refractivity contribution in [3.8, 4) is 0 Å². The van der Waals surface area contributed by atoms with E-state index in [1.54, 1.807) is 16.2 Å². The van der Waals surface area contributed by atoms with Crippen LogP contribution in [0.2, 0.25) is 0 Å². The average Bonchev–Trinajstić information content (AvgIpc) is 2.84. The van der Waals surface area contributed by atoms with Crippen LogP contribution >= 0.6 is 27.3 Å². The maximum absolute atomic E-state index is 12.2. The van der Waals surface area contributed by atoms with E-state index in [0.29, 0.717) is 19.4 Å². The van der Waals surface area contributed by atoms with Gasteiger partial charge in [-0.2, -0.15) is 0 Å². The number of hydrogen-bond donors (Lipinski definition) is 1. The van der Waals surface area contributed by atoms with E-state index in [9.17, 15) is 9.59 Å². The molecule has 6 heteroatoms. The summed E-state index contributed by atoms with van der Waals surface area (Å²) in [7, 11) is 0. The average molecular weight is 360 g/mol. The molecule has 1 saturated heterocycles.